The molecule has 1 saturated heterocycles. The lowest BCUT2D eigenvalue weighted by Crippen LogP contribution is -2.41. The largest absolute Gasteiger partial charge is 0.356 e. The summed E-state index contributed by atoms with van der Waals surface area (Å²) in [5.41, 5.74) is 0. The fourth-order valence-corrected chi connectivity index (χ4v) is 2.83. The molecule has 0 amide bonds. The maximum Gasteiger partial charge on any atom is 0.133 e. The van der Waals surface area contributed by atoms with Crippen LogP contribution in [-0.2, 0) is 0 Å². The fourth-order valence-electron chi connectivity index (χ4n) is 2.46. The van der Waals surface area contributed by atoms with Gasteiger partial charge in [0.05, 0.1) is 0 Å². The van der Waals surface area contributed by atoms with Crippen molar-refractivity contribution in [1.29, 1.82) is 0 Å². The van der Waals surface area contributed by atoms with E-state index in [9.17, 15) is 0 Å². The summed E-state index contributed by atoms with van der Waals surface area (Å²) in [6, 6.07) is 2.67. The minimum absolute atomic E-state index is 0.567. The topological polar surface area (TPSA) is 41.0 Å². The highest BCUT2D eigenvalue weighted by molar-refractivity contribution is 7.98. The molecule has 0 radical (unpaired) electrons. The van der Waals surface area contributed by atoms with Crippen LogP contribution in [0, 0.1) is 5.92 Å². The Morgan fingerprint density at radius 1 is 1.47 bits per heavy atom. The molecule has 0 aromatic carbocycles. The Morgan fingerprint density at radius 2 is 2.32 bits per heavy atom. The molecule has 1 aliphatic heterocycles. The van der Waals surface area contributed by atoms with Gasteiger partial charge in [-0.1, -0.05) is 13.8 Å². The van der Waals surface area contributed by atoms with Crippen molar-refractivity contribution >= 4 is 17.6 Å². The molecule has 2 rings (SSSR count). The molecule has 0 bridgehead atoms. The average molecular weight is 280 g/mol. The molecule has 0 saturated carbocycles. The van der Waals surface area contributed by atoms with Crippen LogP contribution in [0.3, 0.4) is 0 Å². The van der Waals surface area contributed by atoms with Gasteiger partial charge in [0, 0.05) is 25.2 Å². The molecule has 0 spiro atoms. The van der Waals surface area contributed by atoms with E-state index < -0.39 is 0 Å². The normalized spacial score (nSPS) is 20.0. The molecule has 1 atom stereocenters. The molecule has 5 heteroatoms. The minimum atomic E-state index is 0.567. The van der Waals surface area contributed by atoms with Gasteiger partial charge < -0.3 is 10.2 Å². The Bertz CT molecular complexity index is 397. The van der Waals surface area contributed by atoms with E-state index >= 15 is 0 Å². The van der Waals surface area contributed by atoms with Gasteiger partial charge in [-0.3, -0.25) is 0 Å². The van der Waals surface area contributed by atoms with Crippen LogP contribution in [0.25, 0.3) is 0 Å². The van der Waals surface area contributed by atoms with E-state index in [-0.39, 0.29) is 0 Å². The van der Waals surface area contributed by atoms with Crippen molar-refractivity contribution in [2.24, 2.45) is 5.92 Å². The van der Waals surface area contributed by atoms with E-state index in [2.05, 4.69) is 46.4 Å². The smallest absolute Gasteiger partial charge is 0.133 e. The predicted octanol–water partition coefficient (Wildman–Crippen LogP) is 2.41. The number of anilines is 1. The zero-order valence-electron chi connectivity index (χ0n) is 12.1. The third kappa shape index (κ3) is 4.35. The first-order chi connectivity index (χ1) is 9.19. The Kier molecular flexibility index (Phi) is 5.45. The molecule has 1 aliphatic rings. The summed E-state index contributed by atoms with van der Waals surface area (Å²) in [5, 5.41) is 4.59. The van der Waals surface area contributed by atoms with E-state index in [1.165, 1.54) is 12.8 Å². The molecule has 106 valence electrons. The van der Waals surface area contributed by atoms with Gasteiger partial charge in [0.1, 0.15) is 17.2 Å². The molecular formula is C14H24N4S. The van der Waals surface area contributed by atoms with Gasteiger partial charge >= 0.3 is 0 Å². The standard InChI is InChI=1S/C14H24N4S/c1-11(2)15-8-12-5-4-6-18(9-12)13-7-14(19-3)17-10-16-13/h7,10-12,15H,4-6,8-9H2,1-3H3. The molecule has 1 aromatic rings. The summed E-state index contributed by atoms with van der Waals surface area (Å²) in [5.74, 6) is 1.80. The third-order valence-corrected chi connectivity index (χ3v) is 4.14. The quantitative estimate of drug-likeness (QED) is 0.662. The lowest BCUT2D eigenvalue weighted by atomic mass is 9.98. The van der Waals surface area contributed by atoms with Gasteiger partial charge in [-0.15, -0.1) is 11.8 Å². The summed E-state index contributed by atoms with van der Waals surface area (Å²) in [4.78, 5) is 11.1. The highest BCUT2D eigenvalue weighted by atomic mass is 32.2. The molecule has 0 aliphatic carbocycles. The first-order valence-electron chi connectivity index (χ1n) is 7.03. The second-order valence-electron chi connectivity index (χ2n) is 5.44. The number of piperidine rings is 1. The van der Waals surface area contributed by atoms with Gasteiger partial charge in [0.25, 0.3) is 0 Å². The van der Waals surface area contributed by atoms with Crippen LogP contribution in [-0.4, -0.2) is 41.9 Å². The zero-order chi connectivity index (χ0) is 13.7. The average Bonchev–Trinajstić information content (AvgIpc) is 2.45. The number of aromatic nitrogens is 2. The number of hydrogen-bond donors (Lipinski definition) is 1. The summed E-state index contributed by atoms with van der Waals surface area (Å²) in [6.07, 6.45) is 6.30. The fraction of sp³-hybridized carbons (Fsp3) is 0.714. The van der Waals surface area contributed by atoms with Crippen molar-refractivity contribution in [2.75, 3.05) is 30.8 Å². The number of rotatable bonds is 5. The van der Waals surface area contributed by atoms with Crippen molar-refractivity contribution in [3.63, 3.8) is 0 Å². The van der Waals surface area contributed by atoms with Crippen LogP contribution < -0.4 is 10.2 Å². The number of hydrogen-bond acceptors (Lipinski definition) is 5. The second kappa shape index (κ2) is 7.10. The highest BCUT2D eigenvalue weighted by Gasteiger charge is 2.21. The van der Waals surface area contributed by atoms with Crippen LogP contribution in [0.5, 0.6) is 0 Å². The molecule has 2 heterocycles. The van der Waals surface area contributed by atoms with E-state index in [1.54, 1.807) is 18.1 Å². The molecular weight excluding hydrogens is 256 g/mol. The monoisotopic (exact) mass is 280 g/mol. The minimum Gasteiger partial charge on any atom is -0.356 e. The molecule has 1 unspecified atom stereocenters. The number of nitrogens with one attached hydrogen (secondary N) is 1. The van der Waals surface area contributed by atoms with Crippen molar-refractivity contribution in [3.05, 3.63) is 12.4 Å². The van der Waals surface area contributed by atoms with Gasteiger partial charge in [0.2, 0.25) is 0 Å². The van der Waals surface area contributed by atoms with E-state index in [4.69, 9.17) is 0 Å². The summed E-state index contributed by atoms with van der Waals surface area (Å²) < 4.78 is 0. The van der Waals surface area contributed by atoms with Crippen molar-refractivity contribution in [2.45, 2.75) is 37.8 Å². The van der Waals surface area contributed by atoms with E-state index in [0.717, 1.165) is 36.4 Å². The van der Waals surface area contributed by atoms with E-state index in [0.29, 0.717) is 6.04 Å². The Labute approximate surface area is 120 Å². The maximum atomic E-state index is 4.42. The summed E-state index contributed by atoms with van der Waals surface area (Å²) in [6.45, 7) is 7.73. The lowest BCUT2D eigenvalue weighted by molar-refractivity contribution is 0.378. The maximum absolute atomic E-state index is 4.42. The zero-order valence-corrected chi connectivity index (χ0v) is 12.9. The van der Waals surface area contributed by atoms with Gasteiger partial charge in [0.15, 0.2) is 0 Å². The summed E-state index contributed by atoms with van der Waals surface area (Å²) >= 11 is 1.67. The van der Waals surface area contributed by atoms with Crippen molar-refractivity contribution < 1.29 is 0 Å². The molecule has 1 N–H and O–H groups in total. The SMILES string of the molecule is CSc1cc(N2CCCC(CNC(C)C)C2)ncn1. The number of nitrogens with zero attached hydrogens (tertiary/aromatic N) is 3. The molecule has 4 nitrogen and oxygen atoms in total. The van der Waals surface area contributed by atoms with E-state index in [1.807, 2.05) is 0 Å². The second-order valence-corrected chi connectivity index (χ2v) is 6.26. The first-order valence-corrected chi connectivity index (χ1v) is 8.26. The van der Waals surface area contributed by atoms with Gasteiger partial charge in [-0.25, -0.2) is 9.97 Å². The Hall–Kier alpha value is -0.810. The van der Waals surface area contributed by atoms with Crippen molar-refractivity contribution in [3.8, 4) is 0 Å². The Balaban J connectivity index is 1.96. The first kappa shape index (κ1) is 14.6. The molecule has 1 aromatic heterocycles. The highest BCUT2D eigenvalue weighted by Crippen LogP contribution is 2.23. The molecule has 19 heavy (non-hydrogen) atoms. The van der Waals surface area contributed by atoms with Crippen molar-refractivity contribution in [1.82, 2.24) is 15.3 Å². The third-order valence-electron chi connectivity index (χ3n) is 3.49. The summed E-state index contributed by atoms with van der Waals surface area (Å²) in [7, 11) is 0. The van der Waals surface area contributed by atoms with Gasteiger partial charge in [-0.2, -0.15) is 0 Å². The lowest BCUT2D eigenvalue weighted by Gasteiger charge is -2.34. The van der Waals surface area contributed by atoms with Crippen LogP contribution >= 0.6 is 11.8 Å². The van der Waals surface area contributed by atoms with Crippen LogP contribution in [0.4, 0.5) is 5.82 Å². The van der Waals surface area contributed by atoms with Crippen LogP contribution in [0.2, 0.25) is 0 Å². The predicted molar refractivity (Wildman–Crippen MR) is 81.9 cm³/mol. The Morgan fingerprint density at radius 3 is 3.05 bits per heavy atom. The van der Waals surface area contributed by atoms with Crippen LogP contribution in [0.15, 0.2) is 17.4 Å². The molecule has 1 fully saturated rings. The van der Waals surface area contributed by atoms with Gasteiger partial charge in [-0.05, 0) is 31.6 Å². The van der Waals surface area contributed by atoms with Crippen LogP contribution in [0.1, 0.15) is 26.7 Å². The number of thioether (sulfide) groups is 1.